The fourth-order valence-electron chi connectivity index (χ4n) is 4.21. The van der Waals surface area contributed by atoms with Gasteiger partial charge in [0.05, 0.1) is 39.7 Å². The Labute approximate surface area is 172 Å². The number of anilines is 1. The molecule has 0 spiro atoms. The second kappa shape index (κ2) is 6.56. The first-order chi connectivity index (χ1) is 14.0. The number of hydrogen-bond donors (Lipinski definition) is 1. The summed E-state index contributed by atoms with van der Waals surface area (Å²) in [6, 6.07) is 9.23. The number of aryl methyl sites for hydroxylation is 1. The molecule has 1 fully saturated rings. The zero-order valence-electron chi connectivity index (χ0n) is 16.2. The highest BCUT2D eigenvalue weighted by Crippen LogP contribution is 2.43. The molecule has 0 amide bonds. The summed E-state index contributed by atoms with van der Waals surface area (Å²) in [4.78, 5) is 12.1. The van der Waals surface area contributed by atoms with Crippen LogP contribution in [0.15, 0.2) is 42.7 Å². The topological polar surface area (TPSA) is 62.6 Å². The van der Waals surface area contributed by atoms with Crippen molar-refractivity contribution in [3.05, 3.63) is 65.0 Å². The molecule has 0 radical (unpaired) electrons. The summed E-state index contributed by atoms with van der Waals surface area (Å²) in [7, 11) is 0. The van der Waals surface area contributed by atoms with Crippen LogP contribution < -0.4 is 4.90 Å². The first-order valence-corrected chi connectivity index (χ1v) is 9.94. The maximum atomic E-state index is 13.9. The molecule has 0 bridgehead atoms. The largest absolute Gasteiger partial charge is 0.357 e. The third-order valence-electron chi connectivity index (χ3n) is 5.73. The van der Waals surface area contributed by atoms with E-state index in [4.69, 9.17) is 16.6 Å². The summed E-state index contributed by atoms with van der Waals surface area (Å²) < 4.78 is 13.9. The van der Waals surface area contributed by atoms with E-state index in [2.05, 4.69) is 46.1 Å². The Morgan fingerprint density at radius 3 is 2.72 bits per heavy atom. The summed E-state index contributed by atoms with van der Waals surface area (Å²) in [5, 5.41) is 8.72. The number of aromatic nitrogens is 5. The van der Waals surface area contributed by atoms with Crippen molar-refractivity contribution in [2.75, 3.05) is 11.4 Å². The molecular weight excluding hydrogens is 391 g/mol. The lowest BCUT2D eigenvalue weighted by Crippen LogP contribution is -2.40. The van der Waals surface area contributed by atoms with Gasteiger partial charge in [0, 0.05) is 12.6 Å². The number of rotatable bonds is 3. The fourth-order valence-corrected chi connectivity index (χ4v) is 4.37. The highest BCUT2D eigenvalue weighted by atomic mass is 35.5. The molecule has 8 heteroatoms. The third-order valence-corrected chi connectivity index (χ3v) is 6.02. The van der Waals surface area contributed by atoms with Crippen molar-refractivity contribution in [2.24, 2.45) is 0 Å². The normalized spacial score (nSPS) is 19.4. The van der Waals surface area contributed by atoms with Crippen molar-refractivity contribution in [3.63, 3.8) is 0 Å². The maximum Gasteiger partial charge on any atom is 0.144 e. The van der Waals surface area contributed by atoms with Gasteiger partial charge in [0.1, 0.15) is 17.3 Å². The second-order valence-corrected chi connectivity index (χ2v) is 8.12. The molecule has 1 aliphatic rings. The number of H-pyrrole nitrogens is 1. The maximum absolute atomic E-state index is 13.9. The number of imidazole rings is 1. The molecule has 0 aliphatic carbocycles. The average molecular weight is 411 g/mol. The molecule has 0 unspecified atom stereocenters. The SMILES string of the molecule is Cc1ccc(-n2nccn2)c(N2CCC[C@@]2(C)c2nc3cc(Cl)c(F)cc3[nH]2)c1. The van der Waals surface area contributed by atoms with Crippen molar-refractivity contribution in [3.8, 4) is 5.69 Å². The van der Waals surface area contributed by atoms with Crippen molar-refractivity contribution < 1.29 is 4.39 Å². The van der Waals surface area contributed by atoms with Crippen molar-refractivity contribution in [1.82, 2.24) is 25.0 Å². The van der Waals surface area contributed by atoms with Gasteiger partial charge >= 0.3 is 0 Å². The van der Waals surface area contributed by atoms with Gasteiger partial charge in [-0.1, -0.05) is 17.7 Å². The zero-order chi connectivity index (χ0) is 20.2. The Hall–Kier alpha value is -2.93. The van der Waals surface area contributed by atoms with Gasteiger partial charge in [-0.25, -0.2) is 9.37 Å². The van der Waals surface area contributed by atoms with E-state index in [-0.39, 0.29) is 10.6 Å². The molecule has 2 aromatic carbocycles. The van der Waals surface area contributed by atoms with Crippen LogP contribution in [0.1, 0.15) is 31.2 Å². The van der Waals surface area contributed by atoms with Crippen molar-refractivity contribution in [1.29, 1.82) is 0 Å². The number of benzene rings is 2. The molecule has 4 aromatic rings. The lowest BCUT2D eigenvalue weighted by Gasteiger charge is -2.36. The molecule has 3 heterocycles. The second-order valence-electron chi connectivity index (χ2n) is 7.71. The van der Waals surface area contributed by atoms with Crippen LogP contribution in [0.25, 0.3) is 16.7 Å². The number of fused-ring (bicyclic) bond motifs is 1. The highest BCUT2D eigenvalue weighted by Gasteiger charge is 2.42. The number of halogens is 2. The van der Waals surface area contributed by atoms with Crippen molar-refractivity contribution >= 4 is 28.3 Å². The molecule has 0 saturated carbocycles. The van der Waals surface area contributed by atoms with E-state index in [0.717, 1.165) is 42.1 Å². The van der Waals surface area contributed by atoms with Gasteiger partial charge in [0.15, 0.2) is 0 Å². The van der Waals surface area contributed by atoms with Crippen LogP contribution in [0.2, 0.25) is 5.02 Å². The molecule has 1 atom stereocenters. The number of hydrogen-bond acceptors (Lipinski definition) is 4. The minimum Gasteiger partial charge on any atom is -0.357 e. The Morgan fingerprint density at radius 2 is 1.93 bits per heavy atom. The van der Waals surface area contributed by atoms with Crippen molar-refractivity contribution in [2.45, 2.75) is 32.2 Å². The smallest absolute Gasteiger partial charge is 0.144 e. The Bertz CT molecular complexity index is 1160. The quantitative estimate of drug-likeness (QED) is 0.529. The van der Waals surface area contributed by atoms with Gasteiger partial charge in [0.25, 0.3) is 0 Å². The minimum atomic E-state index is -0.450. The molecule has 5 rings (SSSR count). The van der Waals surface area contributed by atoms with Gasteiger partial charge < -0.3 is 9.88 Å². The van der Waals surface area contributed by atoms with Crippen LogP contribution in [0.4, 0.5) is 10.1 Å². The first kappa shape index (κ1) is 18.1. The first-order valence-electron chi connectivity index (χ1n) is 9.56. The van der Waals surface area contributed by atoms with Crippen LogP contribution in [0, 0.1) is 12.7 Å². The van der Waals surface area contributed by atoms with Gasteiger partial charge in [-0.05, 0) is 50.5 Å². The summed E-state index contributed by atoms with van der Waals surface area (Å²) in [6.07, 6.45) is 5.28. The summed E-state index contributed by atoms with van der Waals surface area (Å²) in [6.45, 7) is 5.11. The molecule has 148 valence electrons. The summed E-state index contributed by atoms with van der Waals surface area (Å²) in [5.74, 6) is 0.348. The molecule has 2 aromatic heterocycles. The van der Waals surface area contributed by atoms with Gasteiger partial charge in [0.2, 0.25) is 0 Å². The number of nitrogens with one attached hydrogen (secondary N) is 1. The average Bonchev–Trinajstić information content (AvgIpc) is 3.42. The lowest BCUT2D eigenvalue weighted by molar-refractivity contribution is 0.466. The standard InChI is InChI=1S/C21H20ClFN6/c1-13-4-5-18(29-24-7-8-25-29)19(10-13)28-9-3-6-21(28,2)20-26-16-11-14(22)15(23)12-17(16)27-20/h4-5,7-8,10-12H,3,6,9H2,1-2H3,(H,26,27)/t21-/m0/s1. The molecule has 1 aliphatic heterocycles. The molecule has 1 N–H and O–H groups in total. The number of aromatic amines is 1. The van der Waals surface area contributed by atoms with Crippen LogP contribution in [-0.4, -0.2) is 31.5 Å². The monoisotopic (exact) mass is 410 g/mol. The van der Waals surface area contributed by atoms with Crippen LogP contribution in [0.3, 0.4) is 0 Å². The molecule has 6 nitrogen and oxygen atoms in total. The Balaban J connectivity index is 1.65. The van der Waals surface area contributed by atoms with Gasteiger partial charge in [-0.3, -0.25) is 0 Å². The molecular formula is C21H20ClFN6. The predicted octanol–water partition coefficient (Wildman–Crippen LogP) is 4.76. The van der Waals surface area contributed by atoms with Gasteiger partial charge in [-0.15, -0.1) is 4.80 Å². The van der Waals surface area contributed by atoms with E-state index in [1.165, 1.54) is 6.07 Å². The fraction of sp³-hybridized carbons (Fsp3) is 0.286. The predicted molar refractivity (Wildman–Crippen MR) is 111 cm³/mol. The van der Waals surface area contributed by atoms with E-state index in [1.54, 1.807) is 23.3 Å². The van der Waals surface area contributed by atoms with E-state index in [9.17, 15) is 4.39 Å². The van der Waals surface area contributed by atoms with E-state index in [1.807, 2.05) is 6.07 Å². The lowest BCUT2D eigenvalue weighted by atomic mass is 9.97. The van der Waals surface area contributed by atoms with E-state index in [0.29, 0.717) is 11.0 Å². The summed E-state index contributed by atoms with van der Waals surface area (Å²) >= 11 is 5.96. The minimum absolute atomic E-state index is 0.0784. The van der Waals surface area contributed by atoms with Crippen LogP contribution >= 0.6 is 11.6 Å². The third kappa shape index (κ3) is 2.88. The number of nitrogens with zero attached hydrogens (tertiary/aromatic N) is 5. The highest BCUT2D eigenvalue weighted by molar-refractivity contribution is 6.31. The van der Waals surface area contributed by atoms with E-state index < -0.39 is 5.82 Å². The Kier molecular flexibility index (Phi) is 4.10. The van der Waals surface area contributed by atoms with E-state index >= 15 is 0 Å². The molecule has 1 saturated heterocycles. The van der Waals surface area contributed by atoms with Crippen LogP contribution in [0.5, 0.6) is 0 Å². The summed E-state index contributed by atoms with van der Waals surface area (Å²) in [5.41, 5.74) is 4.05. The zero-order valence-corrected chi connectivity index (χ0v) is 16.9. The van der Waals surface area contributed by atoms with Gasteiger partial charge in [-0.2, -0.15) is 10.2 Å². The Morgan fingerprint density at radius 1 is 1.14 bits per heavy atom. The molecule has 29 heavy (non-hydrogen) atoms. The van der Waals surface area contributed by atoms with Crippen LogP contribution in [-0.2, 0) is 5.54 Å².